The molecule has 0 saturated carbocycles. The molecule has 0 radical (unpaired) electrons. The predicted molar refractivity (Wildman–Crippen MR) is 98.2 cm³/mol. The summed E-state index contributed by atoms with van der Waals surface area (Å²) < 4.78 is 88.2. The SMILES string of the molecule is C[C@H](Oc1ccc(-c2nc(-c3cccc4[nH]ccc34)no2)cc1C(F)(F)F)C(F)(F)F. The highest BCUT2D eigenvalue weighted by atomic mass is 19.4. The Hall–Kier alpha value is -3.50. The molecule has 2 aromatic carbocycles. The number of fused-ring (bicyclic) bond motifs is 1. The van der Waals surface area contributed by atoms with Gasteiger partial charge < -0.3 is 14.2 Å². The van der Waals surface area contributed by atoms with Crippen molar-refractivity contribution in [2.45, 2.75) is 25.4 Å². The van der Waals surface area contributed by atoms with Crippen LogP contribution in [0.4, 0.5) is 26.3 Å². The zero-order valence-electron chi connectivity index (χ0n) is 15.7. The number of nitrogens with one attached hydrogen (secondary N) is 1. The van der Waals surface area contributed by atoms with Crippen LogP contribution in [0.25, 0.3) is 33.7 Å². The second kappa shape index (κ2) is 7.33. The number of nitrogens with zero attached hydrogens (tertiary/aromatic N) is 2. The van der Waals surface area contributed by atoms with E-state index in [9.17, 15) is 26.3 Å². The maximum absolute atomic E-state index is 13.5. The average Bonchev–Trinajstić information content (AvgIpc) is 3.36. The lowest BCUT2D eigenvalue weighted by atomic mass is 10.1. The first-order chi connectivity index (χ1) is 14.5. The van der Waals surface area contributed by atoms with Gasteiger partial charge in [0, 0.05) is 28.2 Å². The van der Waals surface area contributed by atoms with E-state index < -0.39 is 29.8 Å². The third-order valence-electron chi connectivity index (χ3n) is 4.56. The van der Waals surface area contributed by atoms with Gasteiger partial charge in [-0.15, -0.1) is 0 Å². The second-order valence-corrected chi connectivity index (χ2v) is 6.68. The topological polar surface area (TPSA) is 63.9 Å². The monoisotopic (exact) mass is 441 g/mol. The Balaban J connectivity index is 1.72. The fourth-order valence-electron chi connectivity index (χ4n) is 2.98. The Morgan fingerprint density at radius 3 is 2.52 bits per heavy atom. The number of H-pyrrole nitrogens is 1. The Labute approximate surface area is 170 Å². The smallest absolute Gasteiger partial charge is 0.425 e. The highest BCUT2D eigenvalue weighted by Gasteiger charge is 2.41. The van der Waals surface area contributed by atoms with Crippen molar-refractivity contribution in [2.75, 3.05) is 0 Å². The second-order valence-electron chi connectivity index (χ2n) is 6.68. The van der Waals surface area contributed by atoms with Gasteiger partial charge in [0.05, 0.1) is 5.56 Å². The van der Waals surface area contributed by atoms with E-state index in [1.807, 2.05) is 6.07 Å². The molecule has 1 N–H and O–H groups in total. The van der Waals surface area contributed by atoms with Crippen LogP contribution in [0.1, 0.15) is 12.5 Å². The van der Waals surface area contributed by atoms with Gasteiger partial charge in [-0.2, -0.15) is 31.3 Å². The predicted octanol–water partition coefficient (Wildman–Crippen LogP) is 6.23. The number of halogens is 6. The molecule has 2 heterocycles. The quantitative estimate of drug-likeness (QED) is 0.381. The molecule has 0 aliphatic heterocycles. The number of aromatic nitrogens is 3. The van der Waals surface area contributed by atoms with Crippen LogP contribution in [-0.2, 0) is 6.18 Å². The van der Waals surface area contributed by atoms with Crippen LogP contribution in [-0.4, -0.2) is 27.4 Å². The molecule has 0 fully saturated rings. The van der Waals surface area contributed by atoms with Gasteiger partial charge in [-0.25, -0.2) is 0 Å². The van der Waals surface area contributed by atoms with Crippen LogP contribution >= 0.6 is 0 Å². The lowest BCUT2D eigenvalue weighted by molar-refractivity contribution is -0.191. The van der Waals surface area contributed by atoms with E-state index in [0.717, 1.165) is 23.0 Å². The summed E-state index contributed by atoms with van der Waals surface area (Å²) in [5.41, 5.74) is -0.0832. The van der Waals surface area contributed by atoms with Gasteiger partial charge in [-0.3, -0.25) is 0 Å². The van der Waals surface area contributed by atoms with Crippen LogP contribution in [0.15, 0.2) is 53.2 Å². The third-order valence-corrected chi connectivity index (χ3v) is 4.56. The minimum Gasteiger partial charge on any atom is -0.481 e. The zero-order chi connectivity index (χ0) is 22.4. The normalized spacial score (nSPS) is 13.5. The van der Waals surface area contributed by atoms with Crippen LogP contribution in [0.3, 0.4) is 0 Å². The first kappa shape index (κ1) is 20.8. The number of rotatable bonds is 4. The summed E-state index contributed by atoms with van der Waals surface area (Å²) in [6.07, 6.45) is -10.5. The van der Waals surface area contributed by atoms with Crippen molar-refractivity contribution in [3.8, 4) is 28.6 Å². The highest BCUT2D eigenvalue weighted by molar-refractivity contribution is 5.93. The van der Waals surface area contributed by atoms with Crippen LogP contribution in [0, 0.1) is 0 Å². The molecule has 0 amide bonds. The van der Waals surface area contributed by atoms with E-state index in [1.165, 1.54) is 0 Å². The lowest BCUT2D eigenvalue weighted by Gasteiger charge is -2.20. The number of hydrogen-bond acceptors (Lipinski definition) is 4. The fourth-order valence-corrected chi connectivity index (χ4v) is 2.98. The van der Waals surface area contributed by atoms with E-state index in [4.69, 9.17) is 4.52 Å². The van der Waals surface area contributed by atoms with Gasteiger partial charge in [0.15, 0.2) is 6.10 Å². The maximum atomic E-state index is 13.5. The third kappa shape index (κ3) is 4.07. The van der Waals surface area contributed by atoms with Gasteiger partial charge in [0.1, 0.15) is 5.75 Å². The molecular formula is C20H13F6N3O2. The average molecular weight is 441 g/mol. The molecule has 0 spiro atoms. The van der Waals surface area contributed by atoms with Crippen molar-refractivity contribution in [3.05, 3.63) is 54.2 Å². The molecule has 0 bridgehead atoms. The Kier molecular flexibility index (Phi) is 4.91. The standard InChI is InChI=1S/C20H13F6N3O2/c1-10(19(21,22)23)30-16-6-5-11(9-14(16)20(24,25)26)18-28-17(29-31-18)13-3-2-4-15-12(13)7-8-27-15/h2-10,27H,1H3/t10-/m0/s1. The molecule has 5 nitrogen and oxygen atoms in total. The van der Waals surface area contributed by atoms with Crippen LogP contribution < -0.4 is 4.74 Å². The first-order valence-corrected chi connectivity index (χ1v) is 8.89. The van der Waals surface area contributed by atoms with Crippen molar-refractivity contribution in [1.29, 1.82) is 0 Å². The summed E-state index contributed by atoms with van der Waals surface area (Å²) in [4.78, 5) is 7.17. The molecule has 2 aromatic heterocycles. The Bertz CT molecular complexity index is 1230. The number of alkyl halides is 6. The molecule has 0 aliphatic rings. The van der Waals surface area contributed by atoms with Crippen molar-refractivity contribution in [2.24, 2.45) is 0 Å². The number of benzene rings is 2. The summed E-state index contributed by atoms with van der Waals surface area (Å²) in [6, 6.07) is 9.64. The molecule has 0 saturated heterocycles. The first-order valence-electron chi connectivity index (χ1n) is 8.89. The maximum Gasteiger partial charge on any atom is 0.425 e. The molecule has 162 valence electrons. The van der Waals surface area contributed by atoms with Crippen molar-refractivity contribution in [1.82, 2.24) is 15.1 Å². The van der Waals surface area contributed by atoms with E-state index in [1.54, 1.807) is 24.4 Å². The number of ether oxygens (including phenoxy) is 1. The molecule has 1 atom stereocenters. The minimum atomic E-state index is -4.96. The fraction of sp³-hybridized carbons (Fsp3) is 0.200. The molecule has 0 unspecified atom stereocenters. The van der Waals surface area contributed by atoms with E-state index in [0.29, 0.717) is 18.6 Å². The van der Waals surface area contributed by atoms with Crippen molar-refractivity contribution >= 4 is 10.9 Å². The molecule has 4 aromatic rings. The van der Waals surface area contributed by atoms with Gasteiger partial charge >= 0.3 is 12.4 Å². The van der Waals surface area contributed by atoms with E-state index >= 15 is 0 Å². The summed E-state index contributed by atoms with van der Waals surface area (Å²) in [6.45, 7) is 0.625. The number of aromatic amines is 1. The minimum absolute atomic E-state index is 0.112. The van der Waals surface area contributed by atoms with Crippen molar-refractivity contribution in [3.63, 3.8) is 0 Å². The molecule has 4 rings (SSSR count). The summed E-state index contributed by atoms with van der Waals surface area (Å²) in [5, 5.41) is 4.61. The van der Waals surface area contributed by atoms with Crippen molar-refractivity contribution < 1.29 is 35.6 Å². The molecule has 31 heavy (non-hydrogen) atoms. The van der Waals surface area contributed by atoms with Gasteiger partial charge in [0.2, 0.25) is 5.82 Å². The zero-order valence-corrected chi connectivity index (χ0v) is 15.7. The Morgan fingerprint density at radius 2 is 1.81 bits per heavy atom. The van der Waals surface area contributed by atoms with Gasteiger partial charge in [-0.05, 0) is 37.3 Å². The van der Waals surface area contributed by atoms with Crippen LogP contribution in [0.5, 0.6) is 5.75 Å². The number of hydrogen-bond donors (Lipinski definition) is 1. The van der Waals surface area contributed by atoms with E-state index in [2.05, 4.69) is 19.9 Å². The van der Waals surface area contributed by atoms with Gasteiger partial charge in [0.25, 0.3) is 5.89 Å². The largest absolute Gasteiger partial charge is 0.481 e. The summed E-state index contributed by atoms with van der Waals surface area (Å²) in [5.74, 6) is -1.01. The van der Waals surface area contributed by atoms with Gasteiger partial charge in [-0.1, -0.05) is 17.3 Å². The Morgan fingerprint density at radius 1 is 1.03 bits per heavy atom. The lowest BCUT2D eigenvalue weighted by Crippen LogP contribution is -2.31. The van der Waals surface area contributed by atoms with E-state index in [-0.39, 0.29) is 17.3 Å². The summed E-state index contributed by atoms with van der Waals surface area (Å²) >= 11 is 0. The van der Waals surface area contributed by atoms with Crippen LogP contribution in [0.2, 0.25) is 0 Å². The molecule has 11 heteroatoms. The molecule has 0 aliphatic carbocycles. The highest BCUT2D eigenvalue weighted by Crippen LogP contribution is 2.40. The molecular weight excluding hydrogens is 428 g/mol. The summed E-state index contributed by atoms with van der Waals surface area (Å²) in [7, 11) is 0.